The van der Waals surface area contributed by atoms with Crippen LogP contribution in [0.25, 0.3) is 11.0 Å². The van der Waals surface area contributed by atoms with Gasteiger partial charge >= 0.3 is 5.63 Å². The van der Waals surface area contributed by atoms with Crippen molar-refractivity contribution in [3.05, 3.63) is 57.1 Å². The van der Waals surface area contributed by atoms with Crippen LogP contribution in [0.3, 0.4) is 0 Å². The van der Waals surface area contributed by atoms with Crippen LogP contribution >= 0.6 is 0 Å². The Bertz CT molecular complexity index is 1050. The average molecular weight is 337 g/mol. The van der Waals surface area contributed by atoms with Gasteiger partial charge in [-0.2, -0.15) is 5.10 Å². The van der Waals surface area contributed by atoms with E-state index in [-0.39, 0.29) is 12.3 Å². The van der Waals surface area contributed by atoms with Crippen molar-refractivity contribution in [3.63, 3.8) is 0 Å². The molecule has 0 unspecified atom stereocenters. The van der Waals surface area contributed by atoms with Gasteiger partial charge in [0.2, 0.25) is 5.91 Å². The monoisotopic (exact) mass is 337 g/mol. The molecule has 0 aliphatic heterocycles. The molecule has 1 aliphatic rings. The van der Waals surface area contributed by atoms with E-state index in [9.17, 15) is 9.59 Å². The van der Waals surface area contributed by atoms with E-state index in [0.717, 1.165) is 47.3 Å². The zero-order chi connectivity index (χ0) is 17.6. The molecule has 128 valence electrons. The summed E-state index contributed by atoms with van der Waals surface area (Å²) in [6.07, 6.45) is 3.09. The topological polar surface area (TPSA) is 77.1 Å². The molecule has 0 atom stereocenters. The third-order valence-corrected chi connectivity index (χ3v) is 4.66. The van der Waals surface area contributed by atoms with Gasteiger partial charge in [-0.3, -0.25) is 9.48 Å². The van der Waals surface area contributed by atoms with Crippen LogP contribution in [0.15, 0.2) is 33.5 Å². The SMILES string of the molecule is Cc1ccc2c(CC(=O)Nc3c4c(nn3C)CCC4)cc(=O)oc2c1. The molecule has 0 radical (unpaired) electrons. The molecule has 1 amide bonds. The predicted octanol–water partition coefficient (Wildman–Crippen LogP) is 2.50. The maximum absolute atomic E-state index is 12.6. The molecule has 0 fully saturated rings. The van der Waals surface area contributed by atoms with Crippen LogP contribution in [0.5, 0.6) is 0 Å². The fraction of sp³-hybridized carbons (Fsp3) is 0.316. The second kappa shape index (κ2) is 5.88. The lowest BCUT2D eigenvalue weighted by atomic mass is 10.1. The van der Waals surface area contributed by atoms with Crippen LogP contribution in [0.1, 0.15) is 28.8 Å². The van der Waals surface area contributed by atoms with Crippen LogP contribution in [0.2, 0.25) is 0 Å². The Labute approximate surface area is 144 Å². The average Bonchev–Trinajstić information content (AvgIpc) is 3.09. The van der Waals surface area contributed by atoms with Crippen molar-refractivity contribution in [1.82, 2.24) is 9.78 Å². The number of hydrogen-bond acceptors (Lipinski definition) is 4. The van der Waals surface area contributed by atoms with E-state index in [0.29, 0.717) is 11.1 Å². The first-order valence-corrected chi connectivity index (χ1v) is 8.39. The number of aromatic nitrogens is 2. The first kappa shape index (κ1) is 15.6. The number of anilines is 1. The van der Waals surface area contributed by atoms with E-state index in [1.807, 2.05) is 32.2 Å². The van der Waals surface area contributed by atoms with E-state index in [4.69, 9.17) is 4.42 Å². The van der Waals surface area contributed by atoms with Crippen LogP contribution in [-0.2, 0) is 31.1 Å². The number of fused-ring (bicyclic) bond motifs is 2. The summed E-state index contributed by atoms with van der Waals surface area (Å²) >= 11 is 0. The third-order valence-electron chi connectivity index (χ3n) is 4.66. The molecule has 0 saturated heterocycles. The number of hydrogen-bond donors (Lipinski definition) is 1. The van der Waals surface area contributed by atoms with Gasteiger partial charge in [0.1, 0.15) is 11.4 Å². The highest BCUT2D eigenvalue weighted by molar-refractivity contribution is 5.95. The van der Waals surface area contributed by atoms with Gasteiger partial charge in [-0.05, 0) is 43.4 Å². The number of nitrogens with zero attached hydrogens (tertiary/aromatic N) is 2. The molecule has 2 aromatic heterocycles. The maximum Gasteiger partial charge on any atom is 0.336 e. The Balaban J connectivity index is 1.63. The molecule has 6 nitrogen and oxygen atoms in total. The van der Waals surface area contributed by atoms with Crippen LogP contribution in [0, 0.1) is 6.92 Å². The van der Waals surface area contributed by atoms with Gasteiger partial charge in [-0.25, -0.2) is 4.79 Å². The summed E-state index contributed by atoms with van der Waals surface area (Å²) in [6, 6.07) is 7.03. The van der Waals surface area contributed by atoms with Crippen molar-refractivity contribution >= 4 is 22.7 Å². The quantitative estimate of drug-likeness (QED) is 0.745. The fourth-order valence-corrected chi connectivity index (χ4v) is 3.51. The van der Waals surface area contributed by atoms with Crippen LogP contribution < -0.4 is 10.9 Å². The van der Waals surface area contributed by atoms with E-state index >= 15 is 0 Å². The highest BCUT2D eigenvalue weighted by Gasteiger charge is 2.22. The van der Waals surface area contributed by atoms with E-state index in [1.54, 1.807) is 4.68 Å². The fourth-order valence-electron chi connectivity index (χ4n) is 3.51. The zero-order valence-electron chi connectivity index (χ0n) is 14.3. The van der Waals surface area contributed by atoms with Crippen LogP contribution in [0.4, 0.5) is 5.82 Å². The number of rotatable bonds is 3. The molecule has 4 rings (SSSR count). The number of benzene rings is 1. The number of nitrogens with one attached hydrogen (secondary N) is 1. The van der Waals surface area contributed by atoms with Gasteiger partial charge in [-0.15, -0.1) is 0 Å². The first-order chi connectivity index (χ1) is 12.0. The number of amides is 1. The Morgan fingerprint density at radius 3 is 3.00 bits per heavy atom. The van der Waals surface area contributed by atoms with Crippen molar-refractivity contribution in [2.45, 2.75) is 32.6 Å². The summed E-state index contributed by atoms with van der Waals surface area (Å²) in [7, 11) is 1.84. The summed E-state index contributed by atoms with van der Waals surface area (Å²) in [4.78, 5) is 24.4. The minimum absolute atomic E-state index is 0.116. The molecule has 2 heterocycles. The lowest BCUT2D eigenvalue weighted by Gasteiger charge is -2.09. The van der Waals surface area contributed by atoms with Crippen molar-refractivity contribution in [2.75, 3.05) is 5.32 Å². The highest BCUT2D eigenvalue weighted by atomic mass is 16.4. The molecule has 6 heteroatoms. The van der Waals surface area contributed by atoms with E-state index in [2.05, 4.69) is 10.4 Å². The van der Waals surface area contributed by atoms with E-state index < -0.39 is 5.63 Å². The lowest BCUT2D eigenvalue weighted by molar-refractivity contribution is -0.115. The third kappa shape index (κ3) is 2.84. The van der Waals surface area contributed by atoms with Crippen molar-refractivity contribution < 1.29 is 9.21 Å². The molecule has 3 aromatic rings. The summed E-state index contributed by atoms with van der Waals surface area (Å²) in [5.41, 5.74) is 3.94. The summed E-state index contributed by atoms with van der Waals surface area (Å²) in [5, 5.41) is 8.21. The molecule has 0 spiro atoms. The van der Waals surface area contributed by atoms with Gasteiger partial charge in [0, 0.05) is 24.1 Å². The normalized spacial score (nSPS) is 13.2. The van der Waals surface area contributed by atoms with Gasteiger partial charge in [-0.1, -0.05) is 12.1 Å². The Kier molecular flexibility index (Phi) is 3.67. The minimum atomic E-state index is -0.442. The number of aryl methyl sites for hydroxylation is 3. The number of carbonyl (C=O) groups is 1. The largest absolute Gasteiger partial charge is 0.423 e. The Morgan fingerprint density at radius 2 is 2.16 bits per heavy atom. The zero-order valence-corrected chi connectivity index (χ0v) is 14.3. The van der Waals surface area contributed by atoms with Crippen LogP contribution in [-0.4, -0.2) is 15.7 Å². The van der Waals surface area contributed by atoms with Gasteiger partial charge < -0.3 is 9.73 Å². The molecular weight excluding hydrogens is 318 g/mol. The van der Waals surface area contributed by atoms with Crippen molar-refractivity contribution in [3.8, 4) is 0 Å². The molecule has 0 bridgehead atoms. The molecular formula is C19H19N3O3. The molecule has 1 aliphatic carbocycles. The second-order valence-corrected chi connectivity index (χ2v) is 6.57. The van der Waals surface area contributed by atoms with Crippen molar-refractivity contribution in [2.24, 2.45) is 7.05 Å². The smallest absolute Gasteiger partial charge is 0.336 e. The Hall–Kier alpha value is -2.89. The van der Waals surface area contributed by atoms with Gasteiger partial charge in [0.15, 0.2) is 0 Å². The summed E-state index contributed by atoms with van der Waals surface area (Å²) in [5.74, 6) is 0.603. The summed E-state index contributed by atoms with van der Waals surface area (Å²) < 4.78 is 6.97. The summed E-state index contributed by atoms with van der Waals surface area (Å²) in [6.45, 7) is 1.93. The number of carbonyl (C=O) groups excluding carboxylic acids is 1. The van der Waals surface area contributed by atoms with E-state index in [1.165, 1.54) is 6.07 Å². The first-order valence-electron chi connectivity index (χ1n) is 8.39. The predicted molar refractivity (Wildman–Crippen MR) is 94.8 cm³/mol. The lowest BCUT2D eigenvalue weighted by Crippen LogP contribution is -2.18. The molecule has 1 N–H and O–H groups in total. The molecule has 0 saturated carbocycles. The maximum atomic E-state index is 12.6. The van der Waals surface area contributed by atoms with Crippen molar-refractivity contribution in [1.29, 1.82) is 0 Å². The van der Waals surface area contributed by atoms with Gasteiger partial charge in [0.25, 0.3) is 0 Å². The standard InChI is InChI=1S/C19H19N3O3/c1-11-6-7-13-12(10-18(24)25-16(13)8-11)9-17(23)20-19-14-4-3-5-15(14)21-22(19)2/h6-8,10H,3-5,9H2,1-2H3,(H,20,23). The van der Waals surface area contributed by atoms with Gasteiger partial charge in [0.05, 0.1) is 12.1 Å². The second-order valence-electron chi connectivity index (χ2n) is 6.57. The highest BCUT2D eigenvalue weighted by Crippen LogP contribution is 2.28. The molecule has 25 heavy (non-hydrogen) atoms. The minimum Gasteiger partial charge on any atom is -0.423 e. The Morgan fingerprint density at radius 1 is 1.32 bits per heavy atom. The molecule has 1 aromatic carbocycles.